The topological polar surface area (TPSA) is 12.0 Å². The van der Waals surface area contributed by atoms with E-state index in [9.17, 15) is 13.2 Å². The highest BCUT2D eigenvalue weighted by Gasteiger charge is 2.33. The molecule has 4 heteroatoms. The van der Waals surface area contributed by atoms with Crippen molar-refractivity contribution in [2.45, 2.75) is 45.6 Å². The van der Waals surface area contributed by atoms with Gasteiger partial charge in [-0.1, -0.05) is 19.9 Å². The Morgan fingerprint density at radius 2 is 1.70 bits per heavy atom. The van der Waals surface area contributed by atoms with Crippen LogP contribution in [0.2, 0.25) is 0 Å². The molecular weight excluding hydrogens is 263 g/mol. The fraction of sp³-hybridized carbons (Fsp3) is 0.625. The van der Waals surface area contributed by atoms with Crippen LogP contribution in [0.25, 0.3) is 0 Å². The number of nitrogens with one attached hydrogen (secondary N) is 1. The second-order valence-corrected chi connectivity index (χ2v) is 6.53. The van der Waals surface area contributed by atoms with Crippen molar-refractivity contribution in [3.63, 3.8) is 0 Å². The fourth-order valence-electron chi connectivity index (χ4n) is 3.18. The summed E-state index contributed by atoms with van der Waals surface area (Å²) in [4.78, 5) is 0. The number of hydrogen-bond donors (Lipinski definition) is 1. The Kier molecular flexibility index (Phi) is 4.43. The smallest absolute Gasteiger partial charge is 0.194 e. The number of halogens is 3. The van der Waals surface area contributed by atoms with Crippen LogP contribution >= 0.6 is 0 Å². The van der Waals surface area contributed by atoms with Gasteiger partial charge in [0.15, 0.2) is 17.5 Å². The van der Waals surface area contributed by atoms with Crippen LogP contribution in [0.15, 0.2) is 12.1 Å². The average molecular weight is 285 g/mol. The summed E-state index contributed by atoms with van der Waals surface area (Å²) < 4.78 is 40.4. The summed E-state index contributed by atoms with van der Waals surface area (Å²) >= 11 is 0. The molecule has 1 aliphatic carbocycles. The molecule has 0 aromatic heterocycles. The highest BCUT2D eigenvalue weighted by atomic mass is 19.2. The van der Waals surface area contributed by atoms with E-state index >= 15 is 0 Å². The van der Waals surface area contributed by atoms with Gasteiger partial charge < -0.3 is 5.32 Å². The van der Waals surface area contributed by atoms with Crippen LogP contribution in [-0.2, 0) is 0 Å². The van der Waals surface area contributed by atoms with E-state index in [1.165, 1.54) is 6.07 Å². The first-order valence-corrected chi connectivity index (χ1v) is 7.16. The van der Waals surface area contributed by atoms with E-state index in [0.29, 0.717) is 5.41 Å². The maximum atomic E-state index is 14.0. The third kappa shape index (κ3) is 3.00. The first-order valence-electron chi connectivity index (χ1n) is 7.16. The average Bonchev–Trinajstić information content (AvgIpc) is 2.41. The van der Waals surface area contributed by atoms with Crippen LogP contribution in [0.3, 0.4) is 0 Å². The summed E-state index contributed by atoms with van der Waals surface area (Å²) in [5, 5.41) is 3.07. The van der Waals surface area contributed by atoms with Crippen molar-refractivity contribution in [3.8, 4) is 0 Å². The molecule has 1 aromatic rings. The Balaban J connectivity index is 2.23. The number of benzene rings is 1. The van der Waals surface area contributed by atoms with E-state index < -0.39 is 17.5 Å². The summed E-state index contributed by atoms with van der Waals surface area (Å²) in [6, 6.07) is 2.10. The van der Waals surface area contributed by atoms with Gasteiger partial charge in [0, 0.05) is 11.6 Å². The van der Waals surface area contributed by atoms with Gasteiger partial charge in [-0.25, -0.2) is 13.2 Å². The molecule has 1 nitrogen and oxygen atoms in total. The lowest BCUT2D eigenvalue weighted by Gasteiger charge is -2.38. The molecule has 20 heavy (non-hydrogen) atoms. The summed E-state index contributed by atoms with van der Waals surface area (Å²) in [5.74, 6) is -3.31. The van der Waals surface area contributed by atoms with Gasteiger partial charge in [0.05, 0.1) is 0 Å². The summed E-state index contributed by atoms with van der Waals surface area (Å²) in [5.41, 5.74) is 0.553. The van der Waals surface area contributed by atoms with E-state index in [4.69, 9.17) is 0 Å². The third-order valence-electron chi connectivity index (χ3n) is 4.57. The molecule has 0 spiro atoms. The van der Waals surface area contributed by atoms with Crippen molar-refractivity contribution >= 4 is 0 Å². The molecule has 0 bridgehead atoms. The van der Waals surface area contributed by atoms with E-state index in [1.54, 1.807) is 7.05 Å². The lowest BCUT2D eigenvalue weighted by atomic mass is 9.70. The summed E-state index contributed by atoms with van der Waals surface area (Å²) in [6.07, 6.45) is 4.08. The molecule has 112 valence electrons. The quantitative estimate of drug-likeness (QED) is 0.801. The normalized spacial score (nSPS) is 20.9. The predicted molar refractivity (Wildman–Crippen MR) is 73.9 cm³/mol. The third-order valence-corrected chi connectivity index (χ3v) is 4.57. The van der Waals surface area contributed by atoms with Gasteiger partial charge in [-0.15, -0.1) is 0 Å². The first kappa shape index (κ1) is 15.4. The Morgan fingerprint density at radius 1 is 1.10 bits per heavy atom. The minimum atomic E-state index is -1.38. The standard InChI is InChI=1S/C16H22F3N/c1-16(2)8-6-10(7-9-16)15(20-3)11-4-5-12(17)14(19)13(11)18/h4-5,10,15,20H,6-9H2,1-3H3. The van der Waals surface area contributed by atoms with Crippen molar-refractivity contribution in [3.05, 3.63) is 35.1 Å². The van der Waals surface area contributed by atoms with Gasteiger partial charge in [0.1, 0.15) is 0 Å². The van der Waals surface area contributed by atoms with Crippen molar-refractivity contribution < 1.29 is 13.2 Å². The number of rotatable bonds is 3. The zero-order chi connectivity index (χ0) is 14.9. The second kappa shape index (κ2) is 5.76. The summed E-state index contributed by atoms with van der Waals surface area (Å²) in [6.45, 7) is 4.46. The zero-order valence-corrected chi connectivity index (χ0v) is 12.3. The molecule has 1 aromatic carbocycles. The van der Waals surface area contributed by atoms with Crippen LogP contribution in [0.4, 0.5) is 13.2 Å². The zero-order valence-electron chi connectivity index (χ0n) is 12.3. The molecule has 1 N–H and O–H groups in total. The van der Waals surface area contributed by atoms with Crippen LogP contribution in [0.1, 0.15) is 51.1 Å². The minimum absolute atomic E-state index is 0.233. The Morgan fingerprint density at radius 3 is 2.25 bits per heavy atom. The van der Waals surface area contributed by atoms with E-state index in [0.717, 1.165) is 31.7 Å². The molecule has 1 unspecified atom stereocenters. The summed E-state index contributed by atoms with van der Waals surface area (Å²) in [7, 11) is 1.74. The van der Waals surface area contributed by atoms with Crippen LogP contribution in [0, 0.1) is 28.8 Å². The van der Waals surface area contributed by atoms with E-state index in [2.05, 4.69) is 19.2 Å². The van der Waals surface area contributed by atoms with Gasteiger partial charge >= 0.3 is 0 Å². The van der Waals surface area contributed by atoms with Gasteiger partial charge in [-0.05, 0) is 50.1 Å². The van der Waals surface area contributed by atoms with Crippen LogP contribution < -0.4 is 5.32 Å². The highest BCUT2D eigenvalue weighted by molar-refractivity contribution is 5.24. The predicted octanol–water partition coefficient (Wildman–Crippen LogP) is 4.58. The van der Waals surface area contributed by atoms with Gasteiger partial charge in [0.25, 0.3) is 0 Å². The van der Waals surface area contributed by atoms with Gasteiger partial charge in [0.2, 0.25) is 0 Å². The molecule has 0 amide bonds. The van der Waals surface area contributed by atoms with E-state index in [-0.39, 0.29) is 17.5 Å². The molecule has 0 heterocycles. The SMILES string of the molecule is CNC(c1ccc(F)c(F)c1F)C1CCC(C)(C)CC1. The molecule has 2 rings (SSSR count). The number of hydrogen-bond acceptors (Lipinski definition) is 1. The first-order chi connectivity index (χ1) is 9.35. The highest BCUT2D eigenvalue weighted by Crippen LogP contribution is 2.43. The van der Waals surface area contributed by atoms with Crippen molar-refractivity contribution in [2.75, 3.05) is 7.05 Å². The van der Waals surface area contributed by atoms with Crippen molar-refractivity contribution in [1.82, 2.24) is 5.32 Å². The molecular formula is C16H22F3N. The van der Waals surface area contributed by atoms with Gasteiger partial charge in [-0.3, -0.25) is 0 Å². The minimum Gasteiger partial charge on any atom is -0.313 e. The Bertz CT molecular complexity index is 475. The molecule has 0 saturated heterocycles. The molecule has 1 saturated carbocycles. The second-order valence-electron chi connectivity index (χ2n) is 6.53. The van der Waals surface area contributed by atoms with Crippen molar-refractivity contribution in [1.29, 1.82) is 0 Å². The lowest BCUT2D eigenvalue weighted by Crippen LogP contribution is -2.31. The van der Waals surface area contributed by atoms with E-state index in [1.807, 2.05) is 0 Å². The Labute approximate surface area is 118 Å². The molecule has 1 aliphatic rings. The largest absolute Gasteiger partial charge is 0.313 e. The van der Waals surface area contributed by atoms with Crippen molar-refractivity contribution in [2.24, 2.45) is 11.3 Å². The molecule has 1 fully saturated rings. The maximum Gasteiger partial charge on any atom is 0.194 e. The molecule has 1 atom stereocenters. The molecule has 0 aliphatic heterocycles. The van der Waals surface area contributed by atoms with Crippen LogP contribution in [0.5, 0.6) is 0 Å². The fourth-order valence-corrected chi connectivity index (χ4v) is 3.18. The van der Waals surface area contributed by atoms with Gasteiger partial charge in [-0.2, -0.15) is 0 Å². The van der Waals surface area contributed by atoms with Crippen LogP contribution in [-0.4, -0.2) is 7.05 Å². The maximum absolute atomic E-state index is 14.0. The molecule has 0 radical (unpaired) electrons. The monoisotopic (exact) mass is 285 g/mol. The Hall–Kier alpha value is -1.03. The lowest BCUT2D eigenvalue weighted by molar-refractivity contribution is 0.162.